The topological polar surface area (TPSA) is 56.8 Å². The molecule has 1 heterocycles. The number of hydrogen-bond acceptors (Lipinski definition) is 4. The van der Waals surface area contributed by atoms with Crippen LogP contribution in [0.25, 0.3) is 6.08 Å². The molecule has 0 fully saturated rings. The Bertz CT molecular complexity index is 625. The van der Waals surface area contributed by atoms with Crippen LogP contribution in [0.2, 0.25) is 0 Å². The van der Waals surface area contributed by atoms with Gasteiger partial charge in [0.1, 0.15) is 17.6 Å². The molecule has 26 heavy (non-hydrogen) atoms. The Morgan fingerprint density at radius 1 is 1.42 bits per heavy atom. The molecule has 1 aliphatic rings. The van der Waals surface area contributed by atoms with Gasteiger partial charge >= 0.3 is 0 Å². The van der Waals surface area contributed by atoms with Crippen LogP contribution in [0.1, 0.15) is 45.2 Å². The number of carbonyl (C=O) groups excluding carboxylic acids is 1. The van der Waals surface area contributed by atoms with Gasteiger partial charge in [0.25, 0.3) is 0 Å². The first-order valence-corrected chi connectivity index (χ1v) is 9.49. The van der Waals surface area contributed by atoms with Gasteiger partial charge in [-0.15, -0.1) is 0 Å². The van der Waals surface area contributed by atoms with Crippen molar-refractivity contribution in [3.8, 4) is 11.5 Å². The molecule has 5 heteroatoms. The van der Waals surface area contributed by atoms with Crippen LogP contribution in [0.4, 0.5) is 0 Å². The van der Waals surface area contributed by atoms with E-state index in [0.29, 0.717) is 25.7 Å². The van der Waals surface area contributed by atoms with Crippen LogP contribution in [-0.2, 0) is 16.0 Å². The van der Waals surface area contributed by atoms with E-state index < -0.39 is 0 Å². The van der Waals surface area contributed by atoms with Gasteiger partial charge in [0.2, 0.25) is 5.91 Å². The van der Waals surface area contributed by atoms with E-state index in [4.69, 9.17) is 14.2 Å². The molecule has 2 rings (SSSR count). The van der Waals surface area contributed by atoms with Gasteiger partial charge in [0.05, 0.1) is 6.61 Å². The largest absolute Gasteiger partial charge is 0.493 e. The number of ether oxygens (including phenoxy) is 3. The van der Waals surface area contributed by atoms with Gasteiger partial charge in [0, 0.05) is 43.4 Å². The Morgan fingerprint density at radius 2 is 2.23 bits per heavy atom. The fourth-order valence-electron chi connectivity index (χ4n) is 2.80. The molecule has 1 aromatic carbocycles. The molecule has 0 radical (unpaired) electrons. The summed E-state index contributed by atoms with van der Waals surface area (Å²) in [7, 11) is 0. The number of nitrogens with one attached hydrogen (secondary N) is 1. The third-order valence-corrected chi connectivity index (χ3v) is 3.96. The van der Waals surface area contributed by atoms with Gasteiger partial charge in [-0.25, -0.2) is 0 Å². The molecule has 1 N–H and O–H groups in total. The summed E-state index contributed by atoms with van der Waals surface area (Å²) in [6.45, 7) is 10.8. The lowest BCUT2D eigenvalue weighted by molar-refractivity contribution is -0.116. The normalized spacial score (nSPS) is 16.0. The monoisotopic (exact) mass is 361 g/mol. The third-order valence-electron chi connectivity index (χ3n) is 3.96. The second-order valence-electron chi connectivity index (χ2n) is 7.01. The summed E-state index contributed by atoms with van der Waals surface area (Å²) < 4.78 is 17.0. The van der Waals surface area contributed by atoms with E-state index in [-0.39, 0.29) is 12.0 Å². The fourth-order valence-corrected chi connectivity index (χ4v) is 2.80. The van der Waals surface area contributed by atoms with Crippen LogP contribution in [0, 0.1) is 5.92 Å². The maximum Gasteiger partial charge on any atom is 0.244 e. The zero-order valence-corrected chi connectivity index (χ0v) is 16.3. The number of benzene rings is 1. The highest BCUT2D eigenvalue weighted by Gasteiger charge is 2.21. The molecule has 1 atom stereocenters. The van der Waals surface area contributed by atoms with Gasteiger partial charge in [-0.3, -0.25) is 4.79 Å². The molecule has 1 aromatic rings. The summed E-state index contributed by atoms with van der Waals surface area (Å²) in [4.78, 5) is 12.0. The van der Waals surface area contributed by atoms with E-state index in [1.807, 2.05) is 26.0 Å². The minimum atomic E-state index is -0.119. The summed E-state index contributed by atoms with van der Waals surface area (Å²) >= 11 is 0. The first-order chi connectivity index (χ1) is 12.5. The average Bonchev–Trinajstić information content (AvgIpc) is 2.94. The molecular formula is C21H31NO4. The van der Waals surface area contributed by atoms with Crippen LogP contribution in [-0.4, -0.2) is 38.4 Å². The Balaban J connectivity index is 1.86. The van der Waals surface area contributed by atoms with E-state index in [1.54, 1.807) is 6.08 Å². The third kappa shape index (κ3) is 6.37. The summed E-state index contributed by atoms with van der Waals surface area (Å²) in [5.74, 6) is 2.08. The van der Waals surface area contributed by atoms with Crippen molar-refractivity contribution in [2.75, 3.05) is 26.4 Å². The molecule has 5 nitrogen and oxygen atoms in total. The molecule has 0 saturated carbocycles. The zero-order chi connectivity index (χ0) is 18.9. The number of fused-ring (bicyclic) bond motifs is 1. The Labute approximate surface area is 156 Å². The minimum absolute atomic E-state index is 0.119. The Hall–Kier alpha value is -2.01. The molecule has 0 aromatic heterocycles. The molecular weight excluding hydrogens is 330 g/mol. The lowest BCUT2D eigenvalue weighted by Gasteiger charge is -2.10. The first-order valence-electron chi connectivity index (χ1n) is 9.49. The quantitative estimate of drug-likeness (QED) is 0.511. The van der Waals surface area contributed by atoms with E-state index in [9.17, 15) is 4.79 Å². The van der Waals surface area contributed by atoms with E-state index in [1.165, 1.54) is 6.08 Å². The second kappa shape index (κ2) is 10.2. The van der Waals surface area contributed by atoms with Gasteiger partial charge in [-0.05, 0) is 44.4 Å². The van der Waals surface area contributed by atoms with Crippen LogP contribution in [0.3, 0.4) is 0 Å². The van der Waals surface area contributed by atoms with Crippen LogP contribution < -0.4 is 14.8 Å². The van der Waals surface area contributed by atoms with E-state index >= 15 is 0 Å². The number of hydrogen-bond donors (Lipinski definition) is 1. The van der Waals surface area contributed by atoms with Crippen LogP contribution in [0.15, 0.2) is 18.2 Å². The van der Waals surface area contributed by atoms with Crippen molar-refractivity contribution in [2.45, 2.75) is 46.6 Å². The number of rotatable bonds is 10. The highest BCUT2D eigenvalue weighted by atomic mass is 16.5. The smallest absolute Gasteiger partial charge is 0.244 e. The van der Waals surface area contributed by atoms with E-state index in [2.05, 4.69) is 19.2 Å². The zero-order valence-electron chi connectivity index (χ0n) is 16.3. The summed E-state index contributed by atoms with van der Waals surface area (Å²) in [6, 6.07) is 3.97. The highest BCUT2D eigenvalue weighted by Crippen LogP contribution is 2.35. The SMILES string of the molecule is CCOc1cc2c(cc1/C=C/C(=O)NCCCOCC(C)C)OC(C)C2. The maximum absolute atomic E-state index is 12.0. The van der Waals surface area contributed by atoms with Crippen molar-refractivity contribution < 1.29 is 19.0 Å². The molecule has 1 aliphatic heterocycles. The van der Waals surface area contributed by atoms with Crippen molar-refractivity contribution >= 4 is 12.0 Å². The average molecular weight is 361 g/mol. The summed E-state index contributed by atoms with van der Waals surface area (Å²) in [5.41, 5.74) is 2.01. The lowest BCUT2D eigenvalue weighted by atomic mass is 10.1. The van der Waals surface area contributed by atoms with Crippen molar-refractivity contribution in [1.82, 2.24) is 5.32 Å². The summed E-state index contributed by atoms with van der Waals surface area (Å²) in [5, 5.41) is 2.87. The maximum atomic E-state index is 12.0. The second-order valence-corrected chi connectivity index (χ2v) is 7.01. The first kappa shape index (κ1) is 20.3. The van der Waals surface area contributed by atoms with Crippen molar-refractivity contribution in [3.63, 3.8) is 0 Å². The number of amides is 1. The predicted octanol–water partition coefficient (Wildman–Crippen LogP) is 3.60. The van der Waals surface area contributed by atoms with Gasteiger partial charge < -0.3 is 19.5 Å². The van der Waals surface area contributed by atoms with Gasteiger partial charge in [-0.2, -0.15) is 0 Å². The van der Waals surface area contributed by atoms with Crippen molar-refractivity contribution in [1.29, 1.82) is 0 Å². The Kier molecular flexibility index (Phi) is 7.98. The Morgan fingerprint density at radius 3 is 2.96 bits per heavy atom. The molecule has 144 valence electrons. The fraction of sp³-hybridized carbons (Fsp3) is 0.571. The molecule has 0 spiro atoms. The highest BCUT2D eigenvalue weighted by molar-refractivity contribution is 5.92. The van der Waals surface area contributed by atoms with Crippen molar-refractivity contribution in [3.05, 3.63) is 29.3 Å². The van der Waals surface area contributed by atoms with E-state index in [0.717, 1.165) is 42.1 Å². The van der Waals surface area contributed by atoms with Gasteiger partial charge in [0.15, 0.2) is 0 Å². The van der Waals surface area contributed by atoms with Crippen molar-refractivity contribution in [2.24, 2.45) is 5.92 Å². The standard InChI is InChI=1S/C21H31NO4/c1-5-25-19-13-18-11-16(4)26-20(18)12-17(19)7-8-21(23)22-9-6-10-24-14-15(2)3/h7-8,12-13,15-16H,5-6,9-11,14H2,1-4H3,(H,22,23)/b8-7+. The number of carbonyl (C=O) groups is 1. The predicted molar refractivity (Wildman–Crippen MR) is 104 cm³/mol. The molecule has 0 saturated heterocycles. The molecule has 1 unspecified atom stereocenters. The molecule has 0 aliphatic carbocycles. The van der Waals surface area contributed by atoms with Gasteiger partial charge in [-0.1, -0.05) is 13.8 Å². The van der Waals surface area contributed by atoms with Crippen LogP contribution >= 0.6 is 0 Å². The lowest BCUT2D eigenvalue weighted by Crippen LogP contribution is -2.23. The van der Waals surface area contributed by atoms with Crippen LogP contribution in [0.5, 0.6) is 11.5 Å². The minimum Gasteiger partial charge on any atom is -0.493 e. The molecule has 0 bridgehead atoms. The summed E-state index contributed by atoms with van der Waals surface area (Å²) in [6.07, 6.45) is 5.19. The molecule has 1 amide bonds.